The molecule has 1 aliphatic carbocycles. The van der Waals surface area contributed by atoms with Crippen molar-refractivity contribution >= 4 is 0 Å². The molecule has 62 valence electrons. The zero-order valence-corrected chi connectivity index (χ0v) is 7.30. The number of hydrogen-bond donors (Lipinski definition) is 1. The molecular formula is C10H16O. The number of aliphatic hydroxyl groups excluding tert-OH is 1. The van der Waals surface area contributed by atoms with Gasteiger partial charge in [-0.05, 0) is 24.3 Å². The molecule has 0 radical (unpaired) electrons. The van der Waals surface area contributed by atoms with Crippen LogP contribution in [0.4, 0.5) is 0 Å². The summed E-state index contributed by atoms with van der Waals surface area (Å²) in [5.41, 5.74) is 2.66. The first-order chi connectivity index (χ1) is 5.24. The summed E-state index contributed by atoms with van der Waals surface area (Å²) < 4.78 is 0. The Hall–Kier alpha value is -0.560. The molecule has 1 rings (SSSR count). The molecule has 1 heteroatoms. The topological polar surface area (TPSA) is 20.2 Å². The Morgan fingerprint density at radius 1 is 1.36 bits per heavy atom. The van der Waals surface area contributed by atoms with E-state index < -0.39 is 0 Å². The molecule has 0 saturated carbocycles. The van der Waals surface area contributed by atoms with Crippen LogP contribution in [0.25, 0.3) is 0 Å². The minimum absolute atomic E-state index is 0.224. The van der Waals surface area contributed by atoms with E-state index in [1.54, 1.807) is 0 Å². The second kappa shape index (κ2) is 3.72. The van der Waals surface area contributed by atoms with Crippen LogP contribution in [0.2, 0.25) is 0 Å². The van der Waals surface area contributed by atoms with Crippen molar-refractivity contribution in [3.63, 3.8) is 0 Å². The molecule has 0 heterocycles. The molecule has 0 amide bonds. The average molecular weight is 152 g/mol. The van der Waals surface area contributed by atoms with Crippen molar-refractivity contribution in [1.82, 2.24) is 0 Å². The van der Waals surface area contributed by atoms with E-state index in [1.807, 2.05) is 0 Å². The largest absolute Gasteiger partial charge is 0.392 e. The monoisotopic (exact) mass is 152 g/mol. The van der Waals surface area contributed by atoms with Gasteiger partial charge in [0.1, 0.15) is 0 Å². The van der Waals surface area contributed by atoms with E-state index in [0.29, 0.717) is 5.92 Å². The predicted octanol–water partition coefficient (Wildman–Crippen LogP) is 2.28. The van der Waals surface area contributed by atoms with Crippen LogP contribution in [0, 0.1) is 5.92 Å². The summed E-state index contributed by atoms with van der Waals surface area (Å²) in [6.07, 6.45) is 6.38. The smallest absolute Gasteiger partial charge is 0.0644 e. The molecule has 11 heavy (non-hydrogen) atoms. The van der Waals surface area contributed by atoms with Gasteiger partial charge in [0.25, 0.3) is 0 Å². The molecule has 0 aromatic carbocycles. The van der Waals surface area contributed by atoms with Gasteiger partial charge in [-0.25, -0.2) is 0 Å². The highest BCUT2D eigenvalue weighted by atomic mass is 16.3. The Bertz CT molecular complexity index is 187. The standard InChI is InChI=1S/C10H16O/c1-8(2)10-5-3-9(7-11)4-6-10/h3,5,8,11H,4,6-7H2,1-2H3. The van der Waals surface area contributed by atoms with Crippen molar-refractivity contribution in [1.29, 1.82) is 0 Å². The summed E-state index contributed by atoms with van der Waals surface area (Å²) in [5, 5.41) is 8.82. The first kappa shape index (κ1) is 8.54. The molecule has 0 spiro atoms. The zero-order chi connectivity index (χ0) is 8.27. The molecule has 1 aliphatic rings. The Labute approximate surface area is 68.4 Å². The lowest BCUT2D eigenvalue weighted by atomic mass is 9.91. The maximum atomic E-state index is 8.82. The minimum Gasteiger partial charge on any atom is -0.392 e. The van der Waals surface area contributed by atoms with E-state index in [2.05, 4.69) is 26.0 Å². The lowest BCUT2D eigenvalue weighted by Gasteiger charge is -2.15. The van der Waals surface area contributed by atoms with E-state index >= 15 is 0 Å². The van der Waals surface area contributed by atoms with E-state index in [0.717, 1.165) is 18.4 Å². The van der Waals surface area contributed by atoms with Gasteiger partial charge in [-0.3, -0.25) is 0 Å². The molecule has 0 bridgehead atoms. The molecule has 0 atom stereocenters. The second-order valence-corrected chi connectivity index (χ2v) is 3.38. The first-order valence-electron chi connectivity index (χ1n) is 4.23. The molecule has 0 saturated heterocycles. The van der Waals surface area contributed by atoms with E-state index in [9.17, 15) is 0 Å². The van der Waals surface area contributed by atoms with E-state index in [4.69, 9.17) is 5.11 Å². The van der Waals surface area contributed by atoms with Gasteiger partial charge in [0.15, 0.2) is 0 Å². The molecule has 1 N–H and O–H groups in total. The molecule has 1 nitrogen and oxygen atoms in total. The lowest BCUT2D eigenvalue weighted by Crippen LogP contribution is -2.01. The van der Waals surface area contributed by atoms with E-state index in [1.165, 1.54) is 5.57 Å². The minimum atomic E-state index is 0.224. The first-order valence-corrected chi connectivity index (χ1v) is 4.23. The Morgan fingerprint density at radius 2 is 2.09 bits per heavy atom. The summed E-state index contributed by atoms with van der Waals surface area (Å²) in [6, 6.07) is 0. The Morgan fingerprint density at radius 3 is 2.45 bits per heavy atom. The summed E-state index contributed by atoms with van der Waals surface area (Å²) in [6.45, 7) is 4.65. The van der Waals surface area contributed by atoms with Gasteiger partial charge in [0.05, 0.1) is 6.61 Å². The van der Waals surface area contributed by atoms with Crippen LogP contribution >= 0.6 is 0 Å². The van der Waals surface area contributed by atoms with Crippen molar-refractivity contribution in [2.24, 2.45) is 5.92 Å². The lowest BCUT2D eigenvalue weighted by molar-refractivity contribution is 0.325. The average Bonchev–Trinajstić information content (AvgIpc) is 2.05. The van der Waals surface area contributed by atoms with Gasteiger partial charge in [0.2, 0.25) is 0 Å². The second-order valence-electron chi connectivity index (χ2n) is 3.38. The summed E-state index contributed by atoms with van der Waals surface area (Å²) >= 11 is 0. The third kappa shape index (κ3) is 2.19. The fourth-order valence-electron chi connectivity index (χ4n) is 1.31. The molecule has 0 aromatic rings. The van der Waals surface area contributed by atoms with Crippen LogP contribution in [-0.4, -0.2) is 11.7 Å². The van der Waals surface area contributed by atoms with Gasteiger partial charge in [0, 0.05) is 0 Å². The maximum Gasteiger partial charge on any atom is 0.0644 e. The van der Waals surface area contributed by atoms with Crippen LogP contribution in [-0.2, 0) is 0 Å². The molecule has 0 unspecified atom stereocenters. The number of rotatable bonds is 2. The Kier molecular flexibility index (Phi) is 2.89. The third-order valence-corrected chi connectivity index (χ3v) is 2.21. The van der Waals surface area contributed by atoms with Crippen LogP contribution in [0.3, 0.4) is 0 Å². The van der Waals surface area contributed by atoms with E-state index in [-0.39, 0.29) is 6.61 Å². The molecule has 0 fully saturated rings. The van der Waals surface area contributed by atoms with Crippen LogP contribution < -0.4 is 0 Å². The number of hydrogen-bond acceptors (Lipinski definition) is 1. The van der Waals surface area contributed by atoms with Crippen LogP contribution in [0.15, 0.2) is 23.3 Å². The van der Waals surface area contributed by atoms with Crippen molar-refractivity contribution in [2.75, 3.05) is 6.61 Å². The van der Waals surface area contributed by atoms with Crippen LogP contribution in [0.1, 0.15) is 26.7 Å². The normalized spacial score (nSPS) is 18.2. The van der Waals surface area contributed by atoms with Crippen LogP contribution in [0.5, 0.6) is 0 Å². The highest BCUT2D eigenvalue weighted by molar-refractivity contribution is 5.24. The summed E-state index contributed by atoms with van der Waals surface area (Å²) in [4.78, 5) is 0. The third-order valence-electron chi connectivity index (χ3n) is 2.21. The summed E-state index contributed by atoms with van der Waals surface area (Å²) in [7, 11) is 0. The van der Waals surface area contributed by atoms with Gasteiger partial charge >= 0.3 is 0 Å². The SMILES string of the molecule is CC(C)C1=CC=C(CO)CC1. The quantitative estimate of drug-likeness (QED) is 0.643. The predicted molar refractivity (Wildman–Crippen MR) is 47.3 cm³/mol. The zero-order valence-electron chi connectivity index (χ0n) is 7.30. The van der Waals surface area contributed by atoms with Crippen molar-refractivity contribution in [3.05, 3.63) is 23.3 Å². The highest BCUT2D eigenvalue weighted by Crippen LogP contribution is 2.23. The fourth-order valence-corrected chi connectivity index (χ4v) is 1.31. The fraction of sp³-hybridized carbons (Fsp3) is 0.600. The van der Waals surface area contributed by atoms with Gasteiger partial charge < -0.3 is 5.11 Å². The molecule has 0 aromatic heterocycles. The van der Waals surface area contributed by atoms with Gasteiger partial charge in [-0.1, -0.05) is 31.6 Å². The van der Waals surface area contributed by atoms with Crippen molar-refractivity contribution < 1.29 is 5.11 Å². The van der Waals surface area contributed by atoms with Gasteiger partial charge in [-0.15, -0.1) is 0 Å². The summed E-state index contributed by atoms with van der Waals surface area (Å²) in [5.74, 6) is 0.659. The van der Waals surface area contributed by atoms with Crippen molar-refractivity contribution in [3.8, 4) is 0 Å². The maximum absolute atomic E-state index is 8.82. The highest BCUT2D eigenvalue weighted by Gasteiger charge is 2.07. The number of allylic oxidation sites excluding steroid dienone is 3. The molecule has 0 aliphatic heterocycles. The van der Waals surface area contributed by atoms with Crippen molar-refractivity contribution in [2.45, 2.75) is 26.7 Å². The Balaban J connectivity index is 2.61. The van der Waals surface area contributed by atoms with Gasteiger partial charge in [-0.2, -0.15) is 0 Å². The number of aliphatic hydroxyl groups is 1. The molecular weight excluding hydrogens is 136 g/mol.